The van der Waals surface area contributed by atoms with Crippen molar-refractivity contribution in [1.29, 1.82) is 0 Å². The molecular weight excluding hydrogens is 454 g/mol. The Morgan fingerprint density at radius 3 is 1.97 bits per heavy atom. The molecule has 0 aromatic heterocycles. The minimum absolute atomic E-state index is 0.0562. The highest BCUT2D eigenvalue weighted by atomic mass is 32.1. The number of hydrogen-bond donors (Lipinski definition) is 9. The number of rotatable bonds is 15. The van der Waals surface area contributed by atoms with E-state index in [1.54, 1.807) is 0 Å². The number of nitrogens with two attached hydrogens (primary N) is 3. The standard InChI is InChI=1S/C19H37N7O6S/c1-9(2)7-11(20)15(28)25-13(8-33)17(30)24-12(5-4-6-23-19(21)22)16(29)26-14(10(3)27)18(31)32/h9-14,27,33H,4-8,20H2,1-3H3,(H,24,30)(H,25,28)(H,26,29)(H,31,32)(H4,21,22,23). The third-order valence-electron chi connectivity index (χ3n) is 4.50. The fourth-order valence-corrected chi connectivity index (χ4v) is 3.03. The van der Waals surface area contributed by atoms with Gasteiger partial charge in [0, 0.05) is 12.3 Å². The molecule has 0 aliphatic rings. The summed E-state index contributed by atoms with van der Waals surface area (Å²) < 4.78 is 0. The Balaban J connectivity index is 5.37. The highest BCUT2D eigenvalue weighted by Gasteiger charge is 2.31. The van der Waals surface area contributed by atoms with Crippen LogP contribution in [0.4, 0.5) is 0 Å². The molecule has 0 aliphatic carbocycles. The topological polar surface area (TPSA) is 235 Å². The van der Waals surface area contributed by atoms with Crippen LogP contribution in [-0.4, -0.2) is 82.4 Å². The van der Waals surface area contributed by atoms with Crippen LogP contribution in [0, 0.1) is 5.92 Å². The Morgan fingerprint density at radius 1 is 0.970 bits per heavy atom. The molecule has 0 aromatic carbocycles. The second-order valence-corrected chi connectivity index (χ2v) is 8.42. The van der Waals surface area contributed by atoms with Gasteiger partial charge in [0.1, 0.15) is 12.1 Å². The van der Waals surface area contributed by atoms with E-state index in [-0.39, 0.29) is 37.0 Å². The Bertz CT molecular complexity index is 700. The molecule has 0 rings (SSSR count). The smallest absolute Gasteiger partial charge is 0.328 e. The van der Waals surface area contributed by atoms with Gasteiger partial charge in [0.15, 0.2) is 12.0 Å². The van der Waals surface area contributed by atoms with E-state index >= 15 is 0 Å². The molecule has 3 amide bonds. The molecule has 0 bridgehead atoms. The van der Waals surface area contributed by atoms with Crippen molar-refractivity contribution in [2.24, 2.45) is 28.1 Å². The van der Waals surface area contributed by atoms with Crippen molar-refractivity contribution in [2.75, 3.05) is 12.3 Å². The molecule has 0 aromatic rings. The second-order valence-electron chi connectivity index (χ2n) is 8.05. The molecule has 0 fully saturated rings. The summed E-state index contributed by atoms with van der Waals surface area (Å²) in [5.41, 5.74) is 16.4. The molecule has 190 valence electrons. The fraction of sp³-hybridized carbons (Fsp3) is 0.737. The van der Waals surface area contributed by atoms with Crippen molar-refractivity contribution in [3.05, 3.63) is 0 Å². The molecule has 0 heterocycles. The number of carboxylic acids is 1. The lowest BCUT2D eigenvalue weighted by atomic mass is 10.0. The van der Waals surface area contributed by atoms with Crippen molar-refractivity contribution in [3.63, 3.8) is 0 Å². The van der Waals surface area contributed by atoms with Crippen LogP contribution in [0.5, 0.6) is 0 Å². The van der Waals surface area contributed by atoms with Crippen molar-refractivity contribution in [2.45, 2.75) is 70.3 Å². The maximum absolute atomic E-state index is 12.7. The highest BCUT2D eigenvalue weighted by Crippen LogP contribution is 2.05. The van der Waals surface area contributed by atoms with E-state index in [0.29, 0.717) is 6.42 Å². The van der Waals surface area contributed by atoms with E-state index < -0.39 is 54.0 Å². The zero-order valence-corrected chi connectivity index (χ0v) is 20.0. The third-order valence-corrected chi connectivity index (χ3v) is 4.87. The number of aliphatic carboxylic acids is 1. The molecule has 0 aliphatic heterocycles. The van der Waals surface area contributed by atoms with E-state index in [1.165, 1.54) is 6.92 Å². The van der Waals surface area contributed by atoms with E-state index in [4.69, 9.17) is 17.2 Å². The number of thiol groups is 1. The summed E-state index contributed by atoms with van der Waals surface area (Å²) in [4.78, 5) is 52.8. The molecule has 5 unspecified atom stereocenters. The summed E-state index contributed by atoms with van der Waals surface area (Å²) in [5, 5.41) is 26.0. The van der Waals surface area contributed by atoms with Crippen LogP contribution in [0.25, 0.3) is 0 Å². The molecule has 0 saturated heterocycles. The van der Waals surface area contributed by atoms with Crippen LogP contribution >= 0.6 is 12.6 Å². The first-order chi connectivity index (χ1) is 15.3. The lowest BCUT2D eigenvalue weighted by molar-refractivity contribution is -0.145. The van der Waals surface area contributed by atoms with Crippen molar-refractivity contribution < 1.29 is 29.4 Å². The van der Waals surface area contributed by atoms with Crippen molar-refractivity contribution in [3.8, 4) is 0 Å². The summed E-state index contributed by atoms with van der Waals surface area (Å²) in [5.74, 6) is -3.56. The molecule has 0 saturated carbocycles. The zero-order valence-electron chi connectivity index (χ0n) is 19.2. The van der Waals surface area contributed by atoms with Crippen LogP contribution in [0.15, 0.2) is 4.99 Å². The van der Waals surface area contributed by atoms with Crippen LogP contribution in [0.2, 0.25) is 0 Å². The number of nitrogens with one attached hydrogen (secondary N) is 3. The Hall–Kier alpha value is -2.58. The number of nitrogens with zero attached hydrogens (tertiary/aromatic N) is 1. The maximum atomic E-state index is 12.7. The summed E-state index contributed by atoms with van der Waals surface area (Å²) >= 11 is 4.09. The summed E-state index contributed by atoms with van der Waals surface area (Å²) in [6.07, 6.45) is -0.629. The molecule has 33 heavy (non-hydrogen) atoms. The van der Waals surface area contributed by atoms with Gasteiger partial charge in [-0.1, -0.05) is 13.8 Å². The minimum Gasteiger partial charge on any atom is -0.480 e. The molecular formula is C19H37N7O6S. The monoisotopic (exact) mass is 491 g/mol. The van der Waals surface area contributed by atoms with Crippen LogP contribution in [0.3, 0.4) is 0 Å². The molecule has 0 radical (unpaired) electrons. The van der Waals surface area contributed by atoms with E-state index in [1.807, 2.05) is 13.8 Å². The summed E-state index contributed by atoms with van der Waals surface area (Å²) in [6.45, 7) is 5.17. The first-order valence-electron chi connectivity index (χ1n) is 10.5. The number of carboxylic acid groups (broad SMARTS) is 1. The second kappa shape index (κ2) is 15.3. The van der Waals surface area contributed by atoms with E-state index in [0.717, 1.165) is 0 Å². The lowest BCUT2D eigenvalue weighted by Gasteiger charge is -2.25. The van der Waals surface area contributed by atoms with Crippen LogP contribution < -0.4 is 33.2 Å². The number of carbonyl (C=O) groups excluding carboxylic acids is 3. The van der Waals surface area contributed by atoms with Crippen molar-refractivity contribution >= 4 is 42.3 Å². The average molecular weight is 492 g/mol. The number of amides is 3. The number of guanidine groups is 1. The number of aliphatic hydroxyl groups excluding tert-OH is 1. The van der Waals surface area contributed by atoms with Gasteiger partial charge in [0.25, 0.3) is 0 Å². The number of carbonyl (C=O) groups is 4. The van der Waals surface area contributed by atoms with Gasteiger partial charge >= 0.3 is 5.97 Å². The number of aliphatic imine (C=N–C) groups is 1. The Kier molecular flexibility index (Phi) is 14.1. The largest absolute Gasteiger partial charge is 0.480 e. The third kappa shape index (κ3) is 12.3. The Labute approximate surface area is 198 Å². The zero-order chi connectivity index (χ0) is 25.7. The first kappa shape index (κ1) is 30.4. The SMILES string of the molecule is CC(C)CC(N)C(=O)NC(CS)C(=O)NC(CCCN=C(N)N)C(=O)NC(C(=O)O)C(C)O. The van der Waals surface area contributed by atoms with Gasteiger partial charge in [-0.25, -0.2) is 4.79 Å². The highest BCUT2D eigenvalue weighted by molar-refractivity contribution is 7.80. The fourth-order valence-electron chi connectivity index (χ4n) is 2.77. The minimum atomic E-state index is -1.58. The van der Waals surface area contributed by atoms with Gasteiger partial charge in [-0.05, 0) is 32.1 Å². The van der Waals surface area contributed by atoms with Crippen molar-refractivity contribution in [1.82, 2.24) is 16.0 Å². The van der Waals surface area contributed by atoms with E-state index in [9.17, 15) is 29.4 Å². The molecule has 5 atom stereocenters. The van der Waals surface area contributed by atoms with Crippen LogP contribution in [0.1, 0.15) is 40.0 Å². The van der Waals surface area contributed by atoms with Gasteiger partial charge in [-0.3, -0.25) is 19.4 Å². The first-order valence-corrected chi connectivity index (χ1v) is 11.2. The van der Waals surface area contributed by atoms with Crippen LogP contribution in [-0.2, 0) is 19.2 Å². The Morgan fingerprint density at radius 2 is 1.52 bits per heavy atom. The maximum Gasteiger partial charge on any atom is 0.328 e. The van der Waals surface area contributed by atoms with Gasteiger partial charge in [0.2, 0.25) is 17.7 Å². The van der Waals surface area contributed by atoms with Gasteiger partial charge in [-0.15, -0.1) is 0 Å². The average Bonchev–Trinajstić information content (AvgIpc) is 2.70. The number of aliphatic hydroxyl groups is 1. The molecule has 14 heteroatoms. The quantitative estimate of drug-likeness (QED) is 0.0499. The molecule has 13 nitrogen and oxygen atoms in total. The van der Waals surface area contributed by atoms with Gasteiger partial charge < -0.3 is 43.4 Å². The predicted octanol–water partition coefficient (Wildman–Crippen LogP) is -2.74. The lowest BCUT2D eigenvalue weighted by Crippen LogP contribution is -2.58. The number of hydrogen-bond acceptors (Lipinski definition) is 8. The van der Waals surface area contributed by atoms with E-state index in [2.05, 4.69) is 33.6 Å². The molecule has 11 N–H and O–H groups in total. The summed E-state index contributed by atoms with van der Waals surface area (Å²) in [6, 6.07) is -4.67. The summed E-state index contributed by atoms with van der Waals surface area (Å²) in [7, 11) is 0. The molecule has 0 spiro atoms. The van der Waals surface area contributed by atoms with Gasteiger partial charge in [0.05, 0.1) is 12.1 Å². The van der Waals surface area contributed by atoms with Gasteiger partial charge in [-0.2, -0.15) is 12.6 Å². The normalized spacial score (nSPS) is 15.5. The predicted molar refractivity (Wildman–Crippen MR) is 126 cm³/mol.